The van der Waals surface area contributed by atoms with Crippen molar-refractivity contribution < 1.29 is 9.59 Å². The Morgan fingerprint density at radius 1 is 1.21 bits per heavy atom. The van der Waals surface area contributed by atoms with Crippen molar-refractivity contribution >= 4 is 23.2 Å². The highest BCUT2D eigenvalue weighted by atomic mass is 16.2. The summed E-state index contributed by atoms with van der Waals surface area (Å²) in [6, 6.07) is 9.11. The predicted octanol–water partition coefficient (Wildman–Crippen LogP) is 0.967. The molecule has 3 rings (SSSR count). The molecule has 8 nitrogen and oxygen atoms in total. The van der Waals surface area contributed by atoms with Crippen LogP contribution in [0.25, 0.3) is 0 Å². The second-order valence-electron chi connectivity index (χ2n) is 5.36. The summed E-state index contributed by atoms with van der Waals surface area (Å²) in [6.07, 6.45) is 4.49. The maximum absolute atomic E-state index is 12.2. The second kappa shape index (κ2) is 7.49. The highest BCUT2D eigenvalue weighted by Crippen LogP contribution is 2.19. The molecule has 0 spiro atoms. The van der Waals surface area contributed by atoms with E-state index < -0.39 is 0 Å². The number of para-hydroxylation sites is 1. The molecule has 0 saturated carbocycles. The number of anilines is 1. The SMILES string of the molecule is O=C(NCCCn1cncn1)C1=NN(c2ccccc2)C(=O)CC1. The molecule has 2 amide bonds. The summed E-state index contributed by atoms with van der Waals surface area (Å²) < 4.78 is 1.71. The van der Waals surface area contributed by atoms with Crippen LogP contribution < -0.4 is 10.3 Å². The first-order valence-electron chi connectivity index (χ1n) is 7.80. The summed E-state index contributed by atoms with van der Waals surface area (Å²) in [6.45, 7) is 1.19. The number of hydrogen-bond acceptors (Lipinski definition) is 5. The lowest BCUT2D eigenvalue weighted by atomic mass is 10.1. The number of benzene rings is 1. The van der Waals surface area contributed by atoms with Crippen LogP contribution in [0, 0.1) is 0 Å². The molecule has 1 aliphatic rings. The number of hydrogen-bond donors (Lipinski definition) is 1. The first-order chi connectivity index (χ1) is 11.7. The normalized spacial score (nSPS) is 14.4. The van der Waals surface area contributed by atoms with E-state index in [4.69, 9.17) is 0 Å². The van der Waals surface area contributed by atoms with Crippen LogP contribution in [0.4, 0.5) is 5.69 Å². The molecule has 0 fully saturated rings. The molecule has 8 heteroatoms. The standard InChI is InChI=1S/C16H18N6O2/c23-15-8-7-14(20-22(15)13-5-2-1-3-6-13)16(24)18-9-4-10-21-12-17-11-19-21/h1-3,5-6,11-12H,4,7-10H2,(H,18,24). The van der Waals surface area contributed by atoms with Gasteiger partial charge in [0.1, 0.15) is 18.4 Å². The van der Waals surface area contributed by atoms with Crippen LogP contribution in [-0.2, 0) is 16.1 Å². The zero-order chi connectivity index (χ0) is 16.8. The second-order valence-corrected chi connectivity index (χ2v) is 5.36. The smallest absolute Gasteiger partial charge is 0.267 e. The number of rotatable bonds is 6. The molecule has 24 heavy (non-hydrogen) atoms. The van der Waals surface area contributed by atoms with Gasteiger partial charge in [-0.05, 0) is 18.6 Å². The van der Waals surface area contributed by atoms with Gasteiger partial charge in [-0.15, -0.1) is 0 Å². The molecule has 0 saturated heterocycles. The number of nitrogens with zero attached hydrogens (tertiary/aromatic N) is 5. The summed E-state index contributed by atoms with van der Waals surface area (Å²) in [5.41, 5.74) is 1.04. The fourth-order valence-electron chi connectivity index (χ4n) is 2.38. The van der Waals surface area contributed by atoms with Gasteiger partial charge in [-0.2, -0.15) is 10.2 Å². The van der Waals surface area contributed by atoms with Gasteiger partial charge in [-0.3, -0.25) is 14.3 Å². The molecule has 1 aliphatic heterocycles. The van der Waals surface area contributed by atoms with Crippen molar-refractivity contribution in [3.8, 4) is 0 Å². The number of amides is 2. The number of hydrazone groups is 1. The fourth-order valence-corrected chi connectivity index (χ4v) is 2.38. The van der Waals surface area contributed by atoms with Crippen LogP contribution >= 0.6 is 0 Å². The molecule has 0 radical (unpaired) electrons. The molecule has 1 N–H and O–H groups in total. The first-order valence-corrected chi connectivity index (χ1v) is 7.80. The Bertz CT molecular complexity index is 726. The van der Waals surface area contributed by atoms with Crippen LogP contribution in [0.2, 0.25) is 0 Å². The van der Waals surface area contributed by atoms with Crippen molar-refractivity contribution in [2.24, 2.45) is 5.10 Å². The maximum Gasteiger partial charge on any atom is 0.267 e. The number of carbonyl (C=O) groups is 2. The van der Waals surface area contributed by atoms with Gasteiger partial charge in [0.2, 0.25) is 5.91 Å². The van der Waals surface area contributed by atoms with E-state index in [9.17, 15) is 9.59 Å². The zero-order valence-corrected chi connectivity index (χ0v) is 13.1. The van der Waals surface area contributed by atoms with E-state index in [0.29, 0.717) is 30.9 Å². The topological polar surface area (TPSA) is 92.5 Å². The van der Waals surface area contributed by atoms with Crippen molar-refractivity contribution in [2.75, 3.05) is 11.6 Å². The highest BCUT2D eigenvalue weighted by Gasteiger charge is 2.25. The largest absolute Gasteiger partial charge is 0.351 e. The van der Waals surface area contributed by atoms with E-state index in [1.807, 2.05) is 18.2 Å². The van der Waals surface area contributed by atoms with Gasteiger partial charge < -0.3 is 5.32 Å². The lowest BCUT2D eigenvalue weighted by Gasteiger charge is -2.23. The Morgan fingerprint density at radius 3 is 2.79 bits per heavy atom. The van der Waals surface area contributed by atoms with Crippen molar-refractivity contribution in [3.05, 3.63) is 43.0 Å². The molecule has 0 bridgehead atoms. The molecule has 2 aromatic rings. The fraction of sp³-hybridized carbons (Fsp3) is 0.312. The molecule has 2 heterocycles. The molecular weight excluding hydrogens is 308 g/mol. The van der Waals surface area contributed by atoms with Gasteiger partial charge in [0.05, 0.1) is 5.69 Å². The Morgan fingerprint density at radius 2 is 2.04 bits per heavy atom. The van der Waals surface area contributed by atoms with Gasteiger partial charge in [-0.25, -0.2) is 9.99 Å². The van der Waals surface area contributed by atoms with E-state index in [2.05, 4.69) is 20.5 Å². The van der Waals surface area contributed by atoms with Crippen LogP contribution in [0.15, 0.2) is 48.1 Å². The van der Waals surface area contributed by atoms with E-state index in [0.717, 1.165) is 6.42 Å². The van der Waals surface area contributed by atoms with Crippen LogP contribution in [0.1, 0.15) is 19.3 Å². The summed E-state index contributed by atoms with van der Waals surface area (Å²) in [5.74, 6) is -0.342. The zero-order valence-electron chi connectivity index (χ0n) is 13.1. The maximum atomic E-state index is 12.2. The van der Waals surface area contributed by atoms with Gasteiger partial charge in [0.25, 0.3) is 5.91 Å². The number of aryl methyl sites for hydroxylation is 1. The van der Waals surface area contributed by atoms with Crippen LogP contribution in [-0.4, -0.2) is 38.8 Å². The monoisotopic (exact) mass is 326 g/mol. The van der Waals surface area contributed by atoms with E-state index in [1.165, 1.54) is 11.3 Å². The Balaban J connectivity index is 1.56. The Kier molecular flexibility index (Phi) is 4.95. The summed E-state index contributed by atoms with van der Waals surface area (Å²) >= 11 is 0. The van der Waals surface area contributed by atoms with Crippen molar-refractivity contribution in [3.63, 3.8) is 0 Å². The third-order valence-corrected chi connectivity index (χ3v) is 3.61. The average Bonchev–Trinajstić information content (AvgIpc) is 3.13. The Labute approximate surface area is 139 Å². The molecular formula is C16H18N6O2. The third kappa shape index (κ3) is 3.83. The molecule has 124 valence electrons. The first kappa shape index (κ1) is 15.9. The average molecular weight is 326 g/mol. The number of carbonyl (C=O) groups excluding carboxylic acids is 2. The minimum Gasteiger partial charge on any atom is -0.351 e. The molecule has 0 atom stereocenters. The van der Waals surface area contributed by atoms with Crippen molar-refractivity contribution in [1.29, 1.82) is 0 Å². The van der Waals surface area contributed by atoms with Crippen molar-refractivity contribution in [1.82, 2.24) is 20.1 Å². The number of nitrogens with one attached hydrogen (secondary N) is 1. The van der Waals surface area contributed by atoms with E-state index in [-0.39, 0.29) is 18.2 Å². The molecule has 0 unspecified atom stereocenters. The minimum atomic E-state index is -0.234. The van der Waals surface area contributed by atoms with Gasteiger partial charge >= 0.3 is 0 Å². The van der Waals surface area contributed by atoms with Gasteiger partial charge in [0, 0.05) is 25.9 Å². The lowest BCUT2D eigenvalue weighted by Crippen LogP contribution is -2.39. The van der Waals surface area contributed by atoms with Crippen LogP contribution in [0.5, 0.6) is 0 Å². The van der Waals surface area contributed by atoms with Gasteiger partial charge in [-0.1, -0.05) is 18.2 Å². The molecule has 1 aromatic heterocycles. The van der Waals surface area contributed by atoms with E-state index >= 15 is 0 Å². The summed E-state index contributed by atoms with van der Waals surface area (Å²) in [7, 11) is 0. The minimum absolute atomic E-state index is 0.107. The van der Waals surface area contributed by atoms with E-state index in [1.54, 1.807) is 23.1 Å². The Hall–Kier alpha value is -3.03. The van der Waals surface area contributed by atoms with Gasteiger partial charge in [0.15, 0.2) is 0 Å². The number of aromatic nitrogens is 3. The third-order valence-electron chi connectivity index (χ3n) is 3.61. The lowest BCUT2D eigenvalue weighted by molar-refractivity contribution is -0.118. The quantitative estimate of drug-likeness (QED) is 0.801. The molecule has 0 aliphatic carbocycles. The predicted molar refractivity (Wildman–Crippen MR) is 88.2 cm³/mol. The van der Waals surface area contributed by atoms with Crippen molar-refractivity contribution in [2.45, 2.75) is 25.8 Å². The summed E-state index contributed by atoms with van der Waals surface area (Å²) in [4.78, 5) is 28.1. The van der Waals surface area contributed by atoms with Crippen LogP contribution in [0.3, 0.4) is 0 Å². The summed E-state index contributed by atoms with van der Waals surface area (Å²) in [5, 5.41) is 12.4. The molecule has 1 aromatic carbocycles. The highest BCUT2D eigenvalue weighted by molar-refractivity contribution is 6.40.